The molecule has 2 aromatic carbocycles. The number of nitrogens with one attached hydrogen (secondary N) is 1. The van der Waals surface area contributed by atoms with Crippen LogP contribution in [0.5, 0.6) is 5.75 Å². The summed E-state index contributed by atoms with van der Waals surface area (Å²) in [5.41, 5.74) is 5.91. The highest BCUT2D eigenvalue weighted by Crippen LogP contribution is 2.44. The number of alkyl halides is 3. The molecule has 0 aromatic heterocycles. The SMILES string of the molecule is CCCN(CCC)C(=O)C1=CC(C)=CC(C(N)=O)([C@H](Cc2cc(F)cc(F)c2)[C@@H](O)CNCc2cccc(OC(F)(F)F)c2)C1. The summed E-state index contributed by atoms with van der Waals surface area (Å²) in [4.78, 5) is 28.7. The summed E-state index contributed by atoms with van der Waals surface area (Å²) in [6.45, 7) is 6.46. The van der Waals surface area contributed by atoms with Crippen molar-refractivity contribution in [1.82, 2.24) is 10.2 Å². The van der Waals surface area contributed by atoms with Gasteiger partial charge in [0.2, 0.25) is 11.8 Å². The molecule has 0 saturated heterocycles. The van der Waals surface area contributed by atoms with Gasteiger partial charge in [0.25, 0.3) is 0 Å². The standard InChI is InChI=1S/C33H40F5N3O4/c1-4-9-41(10-5-2)30(43)24-11-21(3)17-32(18-24,31(39)44)28(15-23-12-25(34)16-26(35)13-23)29(42)20-40-19-22-7-6-8-27(14-22)45-33(36,37)38/h6-8,11-14,16-17,28-29,40,42H,4-5,9-10,15,18-20H2,1-3H3,(H2,39,44)/t28-,29+,32?/m1/s1. The Morgan fingerprint density at radius 2 is 1.71 bits per heavy atom. The first-order chi connectivity index (χ1) is 21.2. The van der Waals surface area contributed by atoms with E-state index < -0.39 is 47.1 Å². The van der Waals surface area contributed by atoms with Gasteiger partial charge in [0, 0.05) is 43.7 Å². The van der Waals surface area contributed by atoms with Gasteiger partial charge in [0.1, 0.15) is 17.4 Å². The lowest BCUT2D eigenvalue weighted by molar-refractivity contribution is -0.274. The molecule has 0 heterocycles. The minimum absolute atomic E-state index is 0.0263. The number of benzene rings is 2. The number of hydrogen-bond donors (Lipinski definition) is 3. The molecule has 3 atom stereocenters. The van der Waals surface area contributed by atoms with E-state index in [4.69, 9.17) is 5.73 Å². The van der Waals surface area contributed by atoms with Crippen LogP contribution in [0, 0.1) is 23.0 Å². The number of hydrogen-bond acceptors (Lipinski definition) is 5. The van der Waals surface area contributed by atoms with Gasteiger partial charge in [-0.15, -0.1) is 13.2 Å². The van der Waals surface area contributed by atoms with Gasteiger partial charge in [-0.1, -0.05) is 43.7 Å². The van der Waals surface area contributed by atoms with Gasteiger partial charge < -0.3 is 25.8 Å². The Morgan fingerprint density at radius 3 is 2.29 bits per heavy atom. The topological polar surface area (TPSA) is 105 Å². The number of primary amides is 1. The van der Waals surface area contributed by atoms with Crippen molar-refractivity contribution in [3.05, 3.63) is 88.5 Å². The van der Waals surface area contributed by atoms with Gasteiger partial charge in [-0.2, -0.15) is 0 Å². The summed E-state index contributed by atoms with van der Waals surface area (Å²) >= 11 is 0. The monoisotopic (exact) mass is 637 g/mol. The second-order valence-electron chi connectivity index (χ2n) is 11.4. The lowest BCUT2D eigenvalue weighted by Crippen LogP contribution is -2.51. The molecule has 0 aliphatic heterocycles. The van der Waals surface area contributed by atoms with Crippen LogP contribution in [0.4, 0.5) is 22.0 Å². The summed E-state index contributed by atoms with van der Waals surface area (Å²) in [7, 11) is 0. The van der Waals surface area contributed by atoms with Gasteiger partial charge in [-0.05, 0) is 68.0 Å². The summed E-state index contributed by atoms with van der Waals surface area (Å²) in [5, 5.41) is 14.5. The molecule has 7 nitrogen and oxygen atoms in total. The summed E-state index contributed by atoms with van der Waals surface area (Å²) in [5.74, 6) is -4.23. The summed E-state index contributed by atoms with van der Waals surface area (Å²) in [6.07, 6.45) is -1.80. The van der Waals surface area contributed by atoms with Gasteiger partial charge in [-0.25, -0.2) is 8.78 Å². The van der Waals surface area contributed by atoms with E-state index in [9.17, 15) is 36.6 Å². The van der Waals surface area contributed by atoms with Crippen molar-refractivity contribution in [3.8, 4) is 5.75 Å². The fourth-order valence-electron chi connectivity index (χ4n) is 5.92. The molecule has 2 aromatic rings. The maximum atomic E-state index is 14.2. The van der Waals surface area contributed by atoms with E-state index in [1.165, 1.54) is 12.1 Å². The van der Waals surface area contributed by atoms with Crippen LogP contribution in [0.3, 0.4) is 0 Å². The molecule has 12 heteroatoms. The highest BCUT2D eigenvalue weighted by atomic mass is 19.4. The Labute approximate surface area is 259 Å². The number of carbonyl (C=O) groups is 2. The van der Waals surface area contributed by atoms with Crippen molar-refractivity contribution in [2.75, 3.05) is 19.6 Å². The van der Waals surface area contributed by atoms with E-state index in [2.05, 4.69) is 10.1 Å². The Bertz CT molecular complexity index is 1380. The molecule has 0 spiro atoms. The largest absolute Gasteiger partial charge is 0.573 e. The number of aliphatic hydroxyl groups excluding tert-OH is 1. The van der Waals surface area contributed by atoms with E-state index >= 15 is 0 Å². The number of allylic oxidation sites excluding steroid dienone is 2. The second kappa shape index (κ2) is 15.5. The minimum Gasteiger partial charge on any atom is -0.406 e. The number of ether oxygens (including phenoxy) is 1. The first-order valence-electron chi connectivity index (χ1n) is 14.8. The van der Waals surface area contributed by atoms with E-state index in [0.29, 0.717) is 35.9 Å². The van der Waals surface area contributed by atoms with Crippen molar-refractivity contribution < 1.29 is 41.4 Å². The number of carbonyl (C=O) groups excluding carboxylic acids is 2. The number of nitrogens with two attached hydrogens (primary N) is 1. The van der Waals surface area contributed by atoms with E-state index in [1.807, 2.05) is 13.8 Å². The maximum Gasteiger partial charge on any atom is 0.573 e. The Kier molecular flexibility index (Phi) is 12.3. The minimum atomic E-state index is -4.86. The first kappa shape index (κ1) is 35.7. The lowest BCUT2D eigenvalue weighted by atomic mass is 9.63. The van der Waals surface area contributed by atoms with Crippen LogP contribution >= 0.6 is 0 Å². The van der Waals surface area contributed by atoms with E-state index in [-0.39, 0.29) is 37.4 Å². The van der Waals surface area contributed by atoms with Gasteiger partial charge >= 0.3 is 6.36 Å². The lowest BCUT2D eigenvalue weighted by Gasteiger charge is -2.42. The van der Waals surface area contributed by atoms with Crippen molar-refractivity contribution in [2.24, 2.45) is 17.1 Å². The molecule has 0 radical (unpaired) electrons. The fourth-order valence-corrected chi connectivity index (χ4v) is 5.92. The van der Waals surface area contributed by atoms with Crippen LogP contribution in [0.2, 0.25) is 0 Å². The molecule has 1 unspecified atom stereocenters. The average Bonchev–Trinajstić information content (AvgIpc) is 2.93. The molecule has 4 N–H and O–H groups in total. The third kappa shape index (κ3) is 9.86. The molecule has 1 aliphatic carbocycles. The quantitative estimate of drug-likeness (QED) is 0.222. The zero-order valence-electron chi connectivity index (χ0n) is 25.6. The Morgan fingerprint density at radius 1 is 1.07 bits per heavy atom. The van der Waals surface area contributed by atoms with Crippen molar-refractivity contribution in [1.29, 1.82) is 0 Å². The highest BCUT2D eigenvalue weighted by molar-refractivity contribution is 5.97. The molecule has 0 saturated carbocycles. The predicted octanol–water partition coefficient (Wildman–Crippen LogP) is 5.57. The van der Waals surface area contributed by atoms with Crippen LogP contribution < -0.4 is 15.8 Å². The van der Waals surface area contributed by atoms with Gasteiger partial charge in [0.05, 0.1) is 11.5 Å². The molecule has 0 fully saturated rings. The van der Waals surface area contributed by atoms with Crippen molar-refractivity contribution in [3.63, 3.8) is 0 Å². The van der Waals surface area contributed by atoms with Gasteiger partial charge in [0.15, 0.2) is 0 Å². The zero-order valence-corrected chi connectivity index (χ0v) is 25.6. The molecule has 0 bridgehead atoms. The third-order valence-corrected chi connectivity index (χ3v) is 7.70. The predicted molar refractivity (Wildman–Crippen MR) is 160 cm³/mol. The maximum absolute atomic E-state index is 14.2. The van der Waals surface area contributed by atoms with Crippen LogP contribution in [-0.4, -0.2) is 53.9 Å². The normalized spacial score (nSPS) is 18.1. The molecule has 2 amide bonds. The molecule has 45 heavy (non-hydrogen) atoms. The molecular formula is C33H40F5N3O4. The molecule has 246 valence electrons. The number of nitrogens with zero attached hydrogens (tertiary/aromatic N) is 1. The van der Waals surface area contributed by atoms with Crippen molar-refractivity contribution >= 4 is 11.8 Å². The van der Waals surface area contributed by atoms with Crippen LogP contribution in [-0.2, 0) is 22.6 Å². The third-order valence-electron chi connectivity index (χ3n) is 7.70. The Hall–Kier alpha value is -3.77. The molecule has 1 aliphatic rings. The van der Waals surface area contributed by atoms with Crippen LogP contribution in [0.15, 0.2) is 65.8 Å². The number of halogens is 5. The zero-order chi connectivity index (χ0) is 33.4. The molecule has 3 rings (SSSR count). The fraction of sp³-hybridized carbons (Fsp3) is 0.455. The smallest absolute Gasteiger partial charge is 0.406 e. The highest BCUT2D eigenvalue weighted by Gasteiger charge is 2.48. The van der Waals surface area contributed by atoms with E-state index in [0.717, 1.165) is 31.0 Å². The van der Waals surface area contributed by atoms with Gasteiger partial charge in [-0.3, -0.25) is 9.59 Å². The number of rotatable bonds is 15. The van der Waals surface area contributed by atoms with E-state index in [1.54, 1.807) is 30.0 Å². The number of amides is 2. The average molecular weight is 638 g/mol. The summed E-state index contributed by atoms with van der Waals surface area (Å²) < 4.78 is 70.4. The first-order valence-corrected chi connectivity index (χ1v) is 14.8. The van der Waals surface area contributed by atoms with Crippen molar-refractivity contribution in [2.45, 2.75) is 65.5 Å². The second-order valence-corrected chi connectivity index (χ2v) is 11.4. The van der Waals surface area contributed by atoms with Crippen LogP contribution in [0.25, 0.3) is 0 Å². The summed E-state index contributed by atoms with van der Waals surface area (Å²) in [6, 6.07) is 8.21. The van der Waals surface area contributed by atoms with Crippen LogP contribution in [0.1, 0.15) is 51.2 Å². The Balaban J connectivity index is 1.95. The number of aliphatic hydroxyl groups is 1. The molecular weight excluding hydrogens is 597 g/mol.